The Bertz CT molecular complexity index is 952. The van der Waals surface area contributed by atoms with Crippen molar-refractivity contribution < 1.29 is 9.59 Å². The second-order valence-corrected chi connectivity index (χ2v) is 8.63. The van der Waals surface area contributed by atoms with E-state index < -0.39 is 0 Å². The second kappa shape index (κ2) is 9.85. The number of carbonyl (C=O) groups excluding carboxylic acids is 2. The summed E-state index contributed by atoms with van der Waals surface area (Å²) in [7, 11) is 0. The van der Waals surface area contributed by atoms with Crippen LogP contribution in [0.15, 0.2) is 53.4 Å². The predicted octanol–water partition coefficient (Wildman–Crippen LogP) is 5.18. The fraction of sp³-hybridized carbons (Fsp3) is 0.261. The molecular weight excluding hydrogens is 400 g/mol. The Hall–Kier alpha value is -2.44. The van der Waals surface area contributed by atoms with Crippen LogP contribution in [0.2, 0.25) is 0 Å². The number of thiocarbonyl (C=S) groups is 1. The first-order valence-corrected chi connectivity index (χ1v) is 10.9. The summed E-state index contributed by atoms with van der Waals surface area (Å²) in [4.78, 5) is 27.1. The van der Waals surface area contributed by atoms with Gasteiger partial charge in [0.1, 0.15) is 4.32 Å². The highest BCUT2D eigenvalue weighted by molar-refractivity contribution is 8.26. The van der Waals surface area contributed by atoms with Crippen LogP contribution in [0.4, 0.5) is 5.69 Å². The van der Waals surface area contributed by atoms with Crippen molar-refractivity contribution in [3.8, 4) is 0 Å². The average Bonchev–Trinajstić information content (AvgIpc) is 2.96. The van der Waals surface area contributed by atoms with Crippen LogP contribution in [0.5, 0.6) is 0 Å². The molecule has 6 heteroatoms. The normalized spacial score (nSPS) is 15.2. The van der Waals surface area contributed by atoms with E-state index in [4.69, 9.17) is 12.2 Å². The quantitative estimate of drug-likeness (QED) is 0.492. The third-order valence-electron chi connectivity index (χ3n) is 4.65. The molecule has 0 radical (unpaired) electrons. The molecule has 29 heavy (non-hydrogen) atoms. The van der Waals surface area contributed by atoms with Gasteiger partial charge < -0.3 is 5.32 Å². The summed E-state index contributed by atoms with van der Waals surface area (Å²) in [6, 6.07) is 15.9. The van der Waals surface area contributed by atoms with Crippen LogP contribution in [-0.4, -0.2) is 27.6 Å². The zero-order valence-corrected chi connectivity index (χ0v) is 18.2. The lowest BCUT2D eigenvalue weighted by Gasteiger charge is -2.14. The van der Waals surface area contributed by atoms with Gasteiger partial charge in [0.25, 0.3) is 5.91 Å². The van der Waals surface area contributed by atoms with E-state index in [1.165, 1.54) is 17.3 Å². The van der Waals surface area contributed by atoms with E-state index in [2.05, 4.69) is 24.4 Å². The van der Waals surface area contributed by atoms with Crippen molar-refractivity contribution in [2.45, 2.75) is 33.1 Å². The van der Waals surface area contributed by atoms with E-state index in [9.17, 15) is 9.59 Å². The van der Waals surface area contributed by atoms with Crippen molar-refractivity contribution in [3.63, 3.8) is 0 Å². The molecule has 0 aromatic heterocycles. The fourth-order valence-corrected chi connectivity index (χ4v) is 4.35. The molecule has 0 atom stereocenters. The lowest BCUT2D eigenvalue weighted by Crippen LogP contribution is -2.29. The third kappa shape index (κ3) is 5.78. The van der Waals surface area contributed by atoms with Gasteiger partial charge in [-0.15, -0.1) is 0 Å². The summed E-state index contributed by atoms with van der Waals surface area (Å²) in [6.45, 7) is 4.54. The molecule has 0 bridgehead atoms. The van der Waals surface area contributed by atoms with Crippen LogP contribution in [-0.2, 0) is 16.0 Å². The molecule has 0 aliphatic carbocycles. The Kier molecular flexibility index (Phi) is 7.23. The van der Waals surface area contributed by atoms with E-state index in [0.29, 0.717) is 28.6 Å². The maximum atomic E-state index is 12.7. The molecule has 0 spiro atoms. The molecule has 1 fully saturated rings. The van der Waals surface area contributed by atoms with Crippen molar-refractivity contribution in [2.75, 3.05) is 11.9 Å². The number of benzene rings is 2. The summed E-state index contributed by atoms with van der Waals surface area (Å²) >= 11 is 6.69. The highest BCUT2D eigenvalue weighted by Gasteiger charge is 2.31. The summed E-state index contributed by atoms with van der Waals surface area (Å²) < 4.78 is 0.547. The largest absolute Gasteiger partial charge is 0.326 e. The first-order chi connectivity index (χ1) is 14.0. The molecular formula is C23H24N2O2S2. The summed E-state index contributed by atoms with van der Waals surface area (Å²) in [5, 5.41) is 2.89. The maximum absolute atomic E-state index is 12.7. The van der Waals surface area contributed by atoms with Crippen LogP contribution in [0.1, 0.15) is 36.5 Å². The summed E-state index contributed by atoms with van der Waals surface area (Å²) in [5.74, 6) is -0.147. The Morgan fingerprint density at radius 2 is 1.97 bits per heavy atom. The number of hydrogen-bond acceptors (Lipinski definition) is 4. The van der Waals surface area contributed by atoms with Gasteiger partial charge in [0.2, 0.25) is 5.91 Å². The van der Waals surface area contributed by atoms with Gasteiger partial charge in [0, 0.05) is 18.7 Å². The van der Waals surface area contributed by atoms with Crippen LogP contribution < -0.4 is 5.32 Å². The monoisotopic (exact) mass is 424 g/mol. The molecule has 1 aliphatic heterocycles. The number of thioether (sulfide) groups is 1. The van der Waals surface area contributed by atoms with Gasteiger partial charge in [-0.1, -0.05) is 67.3 Å². The Morgan fingerprint density at radius 1 is 1.21 bits per heavy atom. The fourth-order valence-electron chi connectivity index (χ4n) is 3.04. The molecule has 150 valence electrons. The van der Waals surface area contributed by atoms with Crippen LogP contribution in [0.3, 0.4) is 0 Å². The predicted molar refractivity (Wildman–Crippen MR) is 125 cm³/mol. The number of rotatable bonds is 7. The number of amides is 2. The molecule has 2 aromatic carbocycles. The van der Waals surface area contributed by atoms with E-state index in [-0.39, 0.29) is 11.8 Å². The van der Waals surface area contributed by atoms with Gasteiger partial charge in [-0.3, -0.25) is 14.5 Å². The Labute approximate surface area is 181 Å². The minimum atomic E-state index is -0.0846. The maximum Gasteiger partial charge on any atom is 0.266 e. The van der Waals surface area contributed by atoms with E-state index in [1.807, 2.05) is 49.4 Å². The first kappa shape index (κ1) is 21.3. The van der Waals surface area contributed by atoms with Crippen LogP contribution >= 0.6 is 24.0 Å². The number of nitrogens with one attached hydrogen (secondary N) is 1. The van der Waals surface area contributed by atoms with Gasteiger partial charge in [-0.05, 0) is 54.7 Å². The Morgan fingerprint density at radius 3 is 2.66 bits per heavy atom. The van der Waals surface area contributed by atoms with Crippen LogP contribution in [0, 0.1) is 6.92 Å². The molecule has 1 N–H and O–H groups in total. The molecule has 1 saturated heterocycles. The minimum Gasteiger partial charge on any atom is -0.326 e. The molecule has 2 aromatic rings. The number of anilines is 1. The summed E-state index contributed by atoms with van der Waals surface area (Å²) in [5.41, 5.74) is 4.13. The number of aryl methyl sites for hydroxylation is 2. The molecule has 0 unspecified atom stereocenters. The smallest absolute Gasteiger partial charge is 0.266 e. The lowest BCUT2D eigenvalue weighted by atomic mass is 10.1. The number of hydrogen-bond donors (Lipinski definition) is 1. The molecule has 0 saturated carbocycles. The molecule has 1 heterocycles. The SMILES string of the molecule is CCc1ccc(/C=C2\SC(=S)N(CCCC(=O)Nc3cccc(C)c3)C2=O)cc1. The summed E-state index contributed by atoms with van der Waals surface area (Å²) in [6.07, 6.45) is 3.76. The standard InChI is InChI=1S/C23H24N2O2S2/c1-3-17-9-11-18(12-10-17)15-20-22(27)25(23(28)29-20)13-5-8-21(26)24-19-7-4-6-16(2)14-19/h4,6-7,9-12,14-15H,3,5,8,13H2,1-2H3,(H,24,26)/b20-15-. The number of carbonyl (C=O) groups is 2. The highest BCUT2D eigenvalue weighted by Crippen LogP contribution is 2.32. The lowest BCUT2D eigenvalue weighted by molar-refractivity contribution is -0.122. The van der Waals surface area contributed by atoms with Crippen molar-refractivity contribution >= 4 is 51.9 Å². The Balaban J connectivity index is 1.53. The van der Waals surface area contributed by atoms with Gasteiger partial charge in [0.05, 0.1) is 4.91 Å². The van der Waals surface area contributed by atoms with Crippen molar-refractivity contribution in [1.82, 2.24) is 4.90 Å². The molecule has 3 rings (SSSR count). The van der Waals surface area contributed by atoms with Crippen LogP contribution in [0.25, 0.3) is 6.08 Å². The van der Waals surface area contributed by atoms with E-state index >= 15 is 0 Å². The second-order valence-electron chi connectivity index (χ2n) is 6.95. The zero-order chi connectivity index (χ0) is 20.8. The minimum absolute atomic E-state index is 0.0624. The van der Waals surface area contributed by atoms with Gasteiger partial charge in [-0.2, -0.15) is 0 Å². The van der Waals surface area contributed by atoms with Gasteiger partial charge in [0.15, 0.2) is 0 Å². The van der Waals surface area contributed by atoms with E-state index in [0.717, 1.165) is 23.2 Å². The third-order valence-corrected chi connectivity index (χ3v) is 6.02. The van der Waals surface area contributed by atoms with Crippen molar-refractivity contribution in [2.24, 2.45) is 0 Å². The molecule has 2 amide bonds. The topological polar surface area (TPSA) is 49.4 Å². The van der Waals surface area contributed by atoms with Gasteiger partial charge >= 0.3 is 0 Å². The average molecular weight is 425 g/mol. The zero-order valence-electron chi connectivity index (χ0n) is 16.6. The molecule has 4 nitrogen and oxygen atoms in total. The highest BCUT2D eigenvalue weighted by atomic mass is 32.2. The van der Waals surface area contributed by atoms with Crippen molar-refractivity contribution in [1.29, 1.82) is 0 Å². The van der Waals surface area contributed by atoms with Gasteiger partial charge in [-0.25, -0.2) is 0 Å². The van der Waals surface area contributed by atoms with E-state index in [1.54, 1.807) is 4.90 Å². The van der Waals surface area contributed by atoms with Crippen molar-refractivity contribution in [3.05, 3.63) is 70.1 Å². The molecule has 1 aliphatic rings. The number of nitrogens with zero attached hydrogens (tertiary/aromatic N) is 1. The first-order valence-electron chi connectivity index (χ1n) is 9.67.